The molecule has 5 saturated heterocycles. The Balaban J connectivity index is 1.48. The summed E-state index contributed by atoms with van der Waals surface area (Å²) in [6.45, 7) is -0.730. The number of carboxylic acid groups (broad SMARTS) is 2. The number of aliphatic carboxylic acids is 2. The first-order valence-corrected chi connectivity index (χ1v) is 29.1. The Hall–Kier alpha value is -2.35. The monoisotopic (exact) mass is 1260 g/mol. The van der Waals surface area contributed by atoms with Gasteiger partial charge in [-0.1, -0.05) is 20.8 Å². The van der Waals surface area contributed by atoms with Gasteiger partial charge in [0.15, 0.2) is 49.8 Å². The highest BCUT2D eigenvalue weighted by atomic mass is 32.3. The maximum absolute atomic E-state index is 12.9. The van der Waals surface area contributed by atoms with Crippen LogP contribution in [0.3, 0.4) is 0 Å². The van der Waals surface area contributed by atoms with Crippen LogP contribution in [-0.4, -0.2) is 280 Å². The Morgan fingerprint density at radius 2 is 0.759 bits per heavy atom. The zero-order valence-corrected chi connectivity index (χ0v) is 44.5. The van der Waals surface area contributed by atoms with E-state index < -0.39 is 237 Å². The summed E-state index contributed by atoms with van der Waals surface area (Å²) in [5, 5.41) is 87.1. The van der Waals surface area contributed by atoms with Crippen LogP contribution >= 0.6 is 0 Å². The van der Waals surface area contributed by atoms with Crippen LogP contribution in [0.1, 0.15) is 20.8 Å². The van der Waals surface area contributed by atoms with E-state index in [4.69, 9.17) is 56.1 Å². The van der Waals surface area contributed by atoms with E-state index in [0.717, 1.165) is 21.0 Å². The molecule has 0 aromatic heterocycles. The molecule has 40 nitrogen and oxygen atoms in total. The number of aliphatic hydroxyl groups is 6. The minimum Gasteiger partial charge on any atom is -0.479 e. The summed E-state index contributed by atoms with van der Waals surface area (Å²) >= 11 is 0. The largest absolute Gasteiger partial charge is 0.479 e. The molecule has 79 heavy (non-hydrogen) atoms. The summed E-state index contributed by atoms with van der Waals surface area (Å²) in [5.41, 5.74) is 0. The average molecular weight is 1270 g/mol. The number of hydrogen-bond donors (Lipinski definition) is 13. The molecule has 0 aliphatic carbocycles. The van der Waals surface area contributed by atoms with E-state index in [2.05, 4.69) is 16.7 Å². The normalized spacial score (nSPS) is 42.1. The second kappa shape index (κ2) is 26.3. The van der Waals surface area contributed by atoms with E-state index in [1.165, 1.54) is 6.92 Å². The van der Waals surface area contributed by atoms with Crippen molar-refractivity contribution in [1.29, 1.82) is 0 Å². The third kappa shape index (κ3) is 17.8. The van der Waals surface area contributed by atoms with Crippen LogP contribution in [-0.2, 0) is 130 Å². The highest BCUT2D eigenvalue weighted by Gasteiger charge is 2.59. The van der Waals surface area contributed by atoms with Gasteiger partial charge in [0.2, 0.25) is 0 Å². The molecule has 13 N–H and O–H groups in total. The molecule has 5 fully saturated rings. The van der Waals surface area contributed by atoms with Crippen molar-refractivity contribution < 1.29 is 184 Å². The molecule has 0 aromatic rings. The Bertz CT molecular complexity index is 2660. The van der Waals surface area contributed by atoms with Crippen LogP contribution in [0, 0.1) is 17.8 Å². The molecular weight excluding hydrogens is 1210 g/mol. The van der Waals surface area contributed by atoms with Gasteiger partial charge in [-0.05, 0) is 0 Å². The fraction of sp³-hybridized carbons (Fsp3) is 0.941. The molecule has 45 heteroatoms. The van der Waals surface area contributed by atoms with Gasteiger partial charge in [-0.2, -0.15) is 42.1 Å². The second-order valence-electron chi connectivity index (χ2n) is 17.9. The summed E-state index contributed by atoms with van der Waals surface area (Å²) in [6.07, 6.45) is -50.9. The lowest BCUT2D eigenvalue weighted by atomic mass is 9.90. The molecule has 462 valence electrons. The number of aliphatic hydroxyl groups excluding tert-OH is 6. The van der Waals surface area contributed by atoms with Crippen molar-refractivity contribution in [2.24, 2.45) is 17.8 Å². The van der Waals surface area contributed by atoms with E-state index in [0.29, 0.717) is 0 Å². The summed E-state index contributed by atoms with van der Waals surface area (Å²) in [6, 6.07) is 0. The number of carbonyl (C=O) groups is 2. The number of carboxylic acids is 2. The van der Waals surface area contributed by atoms with Gasteiger partial charge in [0.05, 0.1) is 32.0 Å². The standard InChI is InChI=1S/C34H56O40S5/c1-8-14(35)16(37)11(5-61-75(45,46)47)64-31(8)69-23-17(38)18(39)33(71-26(23)28(41)42)68-22-13(7-63-77(51,52)53)66-32(10(3)20(22)73-78(54,55)56)70-24-19(40)25(74-79(57,58)59)34(72-27(24)29(43)44)67-21-12(6-62-76(48,49)50)65-30(60-4)9(2)15(21)36/h8-27,30-40H,5-7H2,1-4H3,(H,41,42)(H,43,44)(H,45,46,47)(H,48,49,50)(H,51,52,53)(H,54,55,56)(H,57,58,59)/t8?,9?,10?,11?,12?,13?,14-,15-,16-,17?,18+,19?,20-,21-,22-,23+,24-,25+,26?,27?,30+,31-,32+,33-,34-/m1/s1. The van der Waals surface area contributed by atoms with Crippen molar-refractivity contribution in [2.45, 2.75) is 156 Å². The first-order valence-electron chi connectivity index (χ1n) is 22.2. The van der Waals surface area contributed by atoms with Crippen LogP contribution < -0.4 is 0 Å². The molecule has 5 aliphatic rings. The fourth-order valence-electron chi connectivity index (χ4n) is 8.67. The van der Waals surface area contributed by atoms with Gasteiger partial charge in [-0.3, -0.25) is 22.8 Å². The predicted molar refractivity (Wildman–Crippen MR) is 234 cm³/mol. The average Bonchev–Trinajstić information content (AvgIpc) is 3.37. The highest BCUT2D eigenvalue weighted by molar-refractivity contribution is 7.81. The zero-order valence-electron chi connectivity index (χ0n) is 40.4. The van der Waals surface area contributed by atoms with E-state index in [-0.39, 0.29) is 0 Å². The molecule has 25 atom stereocenters. The molecule has 5 aliphatic heterocycles. The Kier molecular flexibility index (Phi) is 22.4. The van der Waals surface area contributed by atoms with Gasteiger partial charge >= 0.3 is 63.9 Å². The van der Waals surface area contributed by atoms with Crippen molar-refractivity contribution in [1.82, 2.24) is 0 Å². The smallest absolute Gasteiger partial charge is 0.397 e. The Morgan fingerprint density at radius 1 is 0.380 bits per heavy atom. The maximum atomic E-state index is 12.9. The van der Waals surface area contributed by atoms with Gasteiger partial charge in [-0.25, -0.2) is 30.5 Å². The quantitative estimate of drug-likeness (QED) is 0.0399. The molecule has 5 rings (SSSR count). The number of hydrogen-bond acceptors (Lipinski definition) is 33. The Morgan fingerprint density at radius 3 is 1.23 bits per heavy atom. The van der Waals surface area contributed by atoms with Crippen LogP contribution in [0.5, 0.6) is 0 Å². The molecule has 10 unspecified atom stereocenters. The maximum Gasteiger partial charge on any atom is 0.397 e. The first kappa shape index (κ1) is 67.4. The highest BCUT2D eigenvalue weighted by Crippen LogP contribution is 2.40. The third-order valence-corrected chi connectivity index (χ3v) is 14.7. The van der Waals surface area contributed by atoms with Gasteiger partial charge in [0.1, 0.15) is 73.2 Å². The molecular formula is C34H56O40S5. The van der Waals surface area contributed by atoms with Crippen molar-refractivity contribution in [2.75, 3.05) is 26.9 Å². The summed E-state index contributed by atoms with van der Waals surface area (Å²) in [7, 11) is -26.6. The lowest BCUT2D eigenvalue weighted by Crippen LogP contribution is -2.67. The lowest BCUT2D eigenvalue weighted by molar-refractivity contribution is -0.379. The first-order chi connectivity index (χ1) is 36.1. The zero-order chi connectivity index (χ0) is 59.8. The minimum atomic E-state index is -5.84. The molecule has 0 spiro atoms. The second-order valence-corrected chi connectivity index (χ2v) is 23.3. The number of rotatable bonds is 24. The van der Waals surface area contributed by atoms with Crippen molar-refractivity contribution in [3.8, 4) is 0 Å². The predicted octanol–water partition coefficient (Wildman–Crippen LogP) is -8.12. The number of ether oxygens (including phenoxy) is 10. The summed E-state index contributed by atoms with van der Waals surface area (Å²) < 4.78 is 243. The van der Waals surface area contributed by atoms with Crippen LogP contribution in [0.15, 0.2) is 0 Å². The molecule has 5 heterocycles. The van der Waals surface area contributed by atoms with Crippen molar-refractivity contribution in [3.05, 3.63) is 0 Å². The van der Waals surface area contributed by atoms with E-state index in [1.807, 2.05) is 0 Å². The van der Waals surface area contributed by atoms with Crippen LogP contribution in [0.4, 0.5) is 0 Å². The third-order valence-electron chi connectivity index (χ3n) is 12.5. The lowest BCUT2D eigenvalue weighted by Gasteiger charge is -2.50. The molecule has 0 radical (unpaired) electrons. The van der Waals surface area contributed by atoms with Gasteiger partial charge in [0.25, 0.3) is 0 Å². The van der Waals surface area contributed by atoms with E-state index in [1.54, 1.807) is 0 Å². The Labute approximate surface area is 446 Å². The SMILES string of the molecule is CO[C@H]1OC(COS(=O)(=O)O)[C@@H](O[C@@H]2OC(C(=O)O)[C@H](O[C@@H]3OC(COS(=O)(=O)O)[C@@H](O[C@@H]4OC(C(=O)O)[C@@H](O[C@H]5OC(COS(=O)(=O)O)[C@@H](O)[C@H](O)C5C)C(O)[C@@H]4O)[C@H](OS(=O)(=O)O)C3C)C(O)[C@@H]2OS(=O)(=O)O)[C@H](O)C1C. The minimum absolute atomic E-state index is 0.857. The number of methoxy groups -OCH3 is 1. The molecule has 0 amide bonds. The fourth-order valence-corrected chi connectivity index (χ4v) is 10.6. The van der Waals surface area contributed by atoms with E-state index in [9.17, 15) is 111 Å². The molecule has 0 aromatic carbocycles. The molecule has 0 bridgehead atoms. The topological polar surface area (TPSA) is 606 Å². The van der Waals surface area contributed by atoms with Crippen molar-refractivity contribution in [3.63, 3.8) is 0 Å². The van der Waals surface area contributed by atoms with Crippen molar-refractivity contribution >= 4 is 63.9 Å². The van der Waals surface area contributed by atoms with Gasteiger partial charge in [-0.15, -0.1) is 0 Å². The van der Waals surface area contributed by atoms with Crippen LogP contribution in [0.2, 0.25) is 0 Å². The molecule has 0 saturated carbocycles. The summed E-state index contributed by atoms with van der Waals surface area (Å²) in [4.78, 5) is 25.5. The van der Waals surface area contributed by atoms with E-state index >= 15 is 0 Å². The van der Waals surface area contributed by atoms with Gasteiger partial charge < -0.3 is 88.2 Å². The van der Waals surface area contributed by atoms with Crippen LogP contribution in [0.25, 0.3) is 0 Å². The summed E-state index contributed by atoms with van der Waals surface area (Å²) in [5.74, 6) is -8.77. The van der Waals surface area contributed by atoms with Gasteiger partial charge in [0, 0.05) is 24.9 Å².